The lowest BCUT2D eigenvalue weighted by atomic mass is 9.90. The molecule has 0 saturated carbocycles. The van der Waals surface area contributed by atoms with Crippen LogP contribution in [0.3, 0.4) is 0 Å². The second-order valence-corrected chi connectivity index (χ2v) is 10.2. The van der Waals surface area contributed by atoms with Crippen molar-refractivity contribution in [2.75, 3.05) is 0 Å². The highest BCUT2D eigenvalue weighted by molar-refractivity contribution is 4.62. The van der Waals surface area contributed by atoms with E-state index in [4.69, 9.17) is 0 Å². The van der Waals surface area contributed by atoms with Crippen LogP contribution in [0.4, 0.5) is 0 Å². The van der Waals surface area contributed by atoms with Crippen LogP contribution in [0, 0.1) is 12.8 Å². The van der Waals surface area contributed by atoms with Gasteiger partial charge in [0.15, 0.2) is 0 Å². The summed E-state index contributed by atoms with van der Waals surface area (Å²) in [7, 11) is 0. The van der Waals surface area contributed by atoms with E-state index in [1.165, 1.54) is 161 Å². The summed E-state index contributed by atoms with van der Waals surface area (Å²) in [5, 5.41) is 0. The fourth-order valence-corrected chi connectivity index (χ4v) is 4.88. The van der Waals surface area contributed by atoms with Gasteiger partial charge in [0, 0.05) is 0 Å². The molecule has 181 valence electrons. The molecule has 0 aromatic rings. The van der Waals surface area contributed by atoms with Gasteiger partial charge in [0.2, 0.25) is 0 Å². The first kappa shape index (κ1) is 30.0. The lowest BCUT2D eigenvalue weighted by Gasteiger charge is -2.16. The van der Waals surface area contributed by atoms with Gasteiger partial charge in [-0.1, -0.05) is 188 Å². The third kappa shape index (κ3) is 24.3. The molecular weight excluding hydrogens is 360 g/mol. The van der Waals surface area contributed by atoms with Gasteiger partial charge < -0.3 is 0 Å². The van der Waals surface area contributed by atoms with Crippen LogP contribution in [0.1, 0.15) is 181 Å². The first-order valence-electron chi connectivity index (χ1n) is 14.6. The van der Waals surface area contributed by atoms with Crippen LogP contribution >= 0.6 is 0 Å². The van der Waals surface area contributed by atoms with Crippen molar-refractivity contribution in [2.24, 2.45) is 5.92 Å². The van der Waals surface area contributed by atoms with Gasteiger partial charge in [-0.05, 0) is 5.92 Å². The van der Waals surface area contributed by atoms with Crippen LogP contribution < -0.4 is 0 Å². The maximum Gasteiger partial charge on any atom is -0.0414 e. The predicted molar refractivity (Wildman–Crippen MR) is 140 cm³/mol. The van der Waals surface area contributed by atoms with Crippen LogP contribution in [-0.4, -0.2) is 0 Å². The number of hydrogen-bond acceptors (Lipinski definition) is 0. The number of unbranched alkanes of at least 4 members (excludes halogenated alkanes) is 20. The molecule has 1 atom stereocenters. The number of hydrogen-bond donors (Lipinski definition) is 0. The highest BCUT2D eigenvalue weighted by Crippen LogP contribution is 2.24. The summed E-state index contributed by atoms with van der Waals surface area (Å²) < 4.78 is 0. The molecule has 0 N–H and O–H groups in total. The van der Waals surface area contributed by atoms with Gasteiger partial charge in [0.1, 0.15) is 0 Å². The maximum absolute atomic E-state index is 4.08. The SMILES string of the molecule is [CH2]CCCC(CCCCCCCCCCCC)CCCCCCCCCCCCC. The minimum atomic E-state index is 0.999. The fraction of sp³-hybridized carbons (Fsp3) is 0.967. The van der Waals surface area contributed by atoms with E-state index in [0.29, 0.717) is 0 Å². The minimum absolute atomic E-state index is 0.999. The lowest BCUT2D eigenvalue weighted by molar-refractivity contribution is 0.372. The first-order chi connectivity index (χ1) is 14.8. The van der Waals surface area contributed by atoms with E-state index in [1.807, 2.05) is 0 Å². The van der Waals surface area contributed by atoms with Gasteiger partial charge in [-0.2, -0.15) is 0 Å². The highest BCUT2D eigenvalue weighted by atomic mass is 14.1. The van der Waals surface area contributed by atoms with Gasteiger partial charge in [0.25, 0.3) is 0 Å². The van der Waals surface area contributed by atoms with Crippen molar-refractivity contribution in [3.05, 3.63) is 6.92 Å². The summed E-state index contributed by atoms with van der Waals surface area (Å²) >= 11 is 0. The summed E-state index contributed by atoms with van der Waals surface area (Å²) in [5.74, 6) is 0.999. The van der Waals surface area contributed by atoms with Gasteiger partial charge in [0.05, 0.1) is 0 Å². The molecule has 0 heteroatoms. The summed E-state index contributed by atoms with van der Waals surface area (Å²) in [6.45, 7) is 8.69. The summed E-state index contributed by atoms with van der Waals surface area (Å²) in [6.07, 6.45) is 37.6. The van der Waals surface area contributed by atoms with E-state index in [2.05, 4.69) is 20.8 Å². The van der Waals surface area contributed by atoms with E-state index in [9.17, 15) is 0 Å². The molecule has 0 aliphatic carbocycles. The zero-order chi connectivity index (χ0) is 22.0. The molecule has 0 aromatic heterocycles. The van der Waals surface area contributed by atoms with Crippen molar-refractivity contribution in [1.82, 2.24) is 0 Å². The minimum Gasteiger partial charge on any atom is -0.0654 e. The zero-order valence-electron chi connectivity index (χ0n) is 21.7. The molecule has 0 rings (SSSR count). The highest BCUT2D eigenvalue weighted by Gasteiger charge is 2.08. The molecule has 0 heterocycles. The summed E-state index contributed by atoms with van der Waals surface area (Å²) in [5.41, 5.74) is 0. The Hall–Kier alpha value is 0. The van der Waals surface area contributed by atoms with Crippen LogP contribution in [0.5, 0.6) is 0 Å². The molecule has 30 heavy (non-hydrogen) atoms. The average molecular weight is 422 g/mol. The largest absolute Gasteiger partial charge is 0.0654 e. The first-order valence-corrected chi connectivity index (χ1v) is 14.6. The Morgan fingerprint density at radius 2 is 0.633 bits per heavy atom. The van der Waals surface area contributed by atoms with Crippen molar-refractivity contribution in [2.45, 2.75) is 181 Å². The maximum atomic E-state index is 4.08. The van der Waals surface area contributed by atoms with Crippen molar-refractivity contribution < 1.29 is 0 Å². The molecule has 0 fully saturated rings. The molecule has 1 unspecified atom stereocenters. The van der Waals surface area contributed by atoms with Crippen molar-refractivity contribution in [3.8, 4) is 0 Å². The van der Waals surface area contributed by atoms with Gasteiger partial charge in [-0.25, -0.2) is 0 Å². The molecule has 0 spiro atoms. The third-order valence-corrected chi connectivity index (χ3v) is 7.04. The quantitative estimate of drug-likeness (QED) is 0.122. The summed E-state index contributed by atoms with van der Waals surface area (Å²) in [4.78, 5) is 0. The normalized spacial score (nSPS) is 12.5. The second kappa shape index (κ2) is 27.0. The summed E-state index contributed by atoms with van der Waals surface area (Å²) in [6, 6.07) is 0. The number of rotatable bonds is 26. The molecule has 0 saturated heterocycles. The standard InChI is InChI=1S/C30H61/c1-4-7-10-12-14-16-18-20-22-24-26-29-30(27-9-6-3)28-25-23-21-19-17-15-13-11-8-5-2/h30H,3-29H2,1-2H3. The topological polar surface area (TPSA) is 0 Å². The molecule has 0 amide bonds. The van der Waals surface area contributed by atoms with E-state index in [-0.39, 0.29) is 0 Å². The van der Waals surface area contributed by atoms with Crippen molar-refractivity contribution in [3.63, 3.8) is 0 Å². The second-order valence-electron chi connectivity index (χ2n) is 10.2. The van der Waals surface area contributed by atoms with Gasteiger partial charge in [-0.15, -0.1) is 0 Å². The Morgan fingerprint density at radius 1 is 0.367 bits per heavy atom. The Balaban J connectivity index is 3.51. The smallest absolute Gasteiger partial charge is 0.0414 e. The van der Waals surface area contributed by atoms with Crippen LogP contribution in [0.15, 0.2) is 0 Å². The van der Waals surface area contributed by atoms with Gasteiger partial charge >= 0.3 is 0 Å². The fourth-order valence-electron chi connectivity index (χ4n) is 4.88. The van der Waals surface area contributed by atoms with E-state index < -0.39 is 0 Å². The molecule has 0 bridgehead atoms. The Kier molecular flexibility index (Phi) is 27.0. The zero-order valence-corrected chi connectivity index (χ0v) is 21.7. The van der Waals surface area contributed by atoms with E-state index in [1.54, 1.807) is 0 Å². The Morgan fingerprint density at radius 3 is 0.933 bits per heavy atom. The van der Waals surface area contributed by atoms with Crippen molar-refractivity contribution >= 4 is 0 Å². The predicted octanol–water partition coefficient (Wildman–Crippen LogP) is 11.6. The van der Waals surface area contributed by atoms with E-state index in [0.717, 1.165) is 12.3 Å². The van der Waals surface area contributed by atoms with Crippen LogP contribution in [0.2, 0.25) is 0 Å². The van der Waals surface area contributed by atoms with Gasteiger partial charge in [-0.3, -0.25) is 0 Å². The molecular formula is C30H61. The average Bonchev–Trinajstić information content (AvgIpc) is 2.76. The molecule has 0 nitrogen and oxygen atoms in total. The Labute approximate surface area is 193 Å². The van der Waals surface area contributed by atoms with Crippen molar-refractivity contribution in [1.29, 1.82) is 0 Å². The van der Waals surface area contributed by atoms with Crippen LogP contribution in [-0.2, 0) is 0 Å². The third-order valence-electron chi connectivity index (χ3n) is 7.04. The molecule has 0 aliphatic heterocycles. The van der Waals surface area contributed by atoms with Crippen LogP contribution in [0.25, 0.3) is 0 Å². The van der Waals surface area contributed by atoms with E-state index >= 15 is 0 Å². The molecule has 0 aromatic carbocycles. The monoisotopic (exact) mass is 421 g/mol. The Bertz CT molecular complexity index is 282. The lowest BCUT2D eigenvalue weighted by Crippen LogP contribution is -2.01. The molecule has 1 radical (unpaired) electrons. The molecule has 0 aliphatic rings.